The number of hydroxylamine groups is 1. The van der Waals surface area contributed by atoms with E-state index in [9.17, 15) is 14.8 Å². The zero-order chi connectivity index (χ0) is 25.3. The third-order valence-corrected chi connectivity index (χ3v) is 6.73. The van der Waals surface area contributed by atoms with Crippen molar-refractivity contribution in [3.8, 4) is 0 Å². The Kier molecular flexibility index (Phi) is 9.11. The molecule has 0 spiro atoms. The molecule has 192 valence electrons. The lowest BCUT2D eigenvalue weighted by molar-refractivity contribution is -0.133. The van der Waals surface area contributed by atoms with Gasteiger partial charge in [-0.1, -0.05) is 23.8 Å². The van der Waals surface area contributed by atoms with E-state index in [1.54, 1.807) is 17.6 Å². The highest BCUT2D eigenvalue weighted by Crippen LogP contribution is 2.20. The van der Waals surface area contributed by atoms with Gasteiger partial charge < -0.3 is 14.5 Å². The molecule has 1 aliphatic rings. The fourth-order valence-electron chi connectivity index (χ4n) is 4.60. The first-order valence-electron chi connectivity index (χ1n) is 12.6. The first kappa shape index (κ1) is 25.9. The topological polar surface area (TPSA) is 104 Å². The Bertz CT molecular complexity index is 1200. The van der Waals surface area contributed by atoms with Crippen molar-refractivity contribution in [2.45, 2.75) is 32.6 Å². The van der Waals surface area contributed by atoms with Crippen molar-refractivity contribution in [2.75, 3.05) is 44.7 Å². The number of ether oxygens (including phenoxy) is 1. The molecule has 1 unspecified atom stereocenters. The lowest BCUT2D eigenvalue weighted by Gasteiger charge is -2.26. The standard InChI is InChI=1S/C28H35N3O5/c1-20-3-10-26-23(17-20)19-24(28(33)36-26)18-22(27(32)30-34)7-4-21-5-8-25(9-6-21)29-11-2-12-31-13-15-35-16-14-31/h3,5-6,8-10,17,19,22,29,34H,2,4,7,11-16,18H2,1H3,(H,30,32). The molecule has 0 bridgehead atoms. The number of rotatable bonds is 11. The van der Waals surface area contributed by atoms with Crippen molar-refractivity contribution in [1.29, 1.82) is 0 Å². The molecule has 0 radical (unpaired) electrons. The van der Waals surface area contributed by atoms with Gasteiger partial charge in [0.15, 0.2) is 0 Å². The van der Waals surface area contributed by atoms with Gasteiger partial charge in [0.2, 0.25) is 5.91 Å². The highest BCUT2D eigenvalue weighted by molar-refractivity contribution is 5.79. The lowest BCUT2D eigenvalue weighted by atomic mass is 9.92. The maximum absolute atomic E-state index is 12.5. The summed E-state index contributed by atoms with van der Waals surface area (Å²) in [5.74, 6) is -1.06. The first-order valence-corrected chi connectivity index (χ1v) is 12.6. The molecule has 4 rings (SSSR count). The van der Waals surface area contributed by atoms with Crippen molar-refractivity contribution < 1.29 is 19.2 Å². The van der Waals surface area contributed by atoms with Crippen LogP contribution in [0.3, 0.4) is 0 Å². The Morgan fingerprint density at radius 1 is 1.11 bits per heavy atom. The average Bonchev–Trinajstić information content (AvgIpc) is 2.90. The number of fused-ring (bicyclic) bond motifs is 1. The molecule has 1 atom stereocenters. The van der Waals surface area contributed by atoms with Crippen molar-refractivity contribution in [3.05, 3.63) is 75.6 Å². The molecule has 2 aromatic carbocycles. The fourth-order valence-corrected chi connectivity index (χ4v) is 4.60. The van der Waals surface area contributed by atoms with Gasteiger partial charge in [-0.25, -0.2) is 10.3 Å². The summed E-state index contributed by atoms with van der Waals surface area (Å²) in [6.07, 6.45) is 2.40. The molecular formula is C28H35N3O5. The highest BCUT2D eigenvalue weighted by atomic mass is 16.5. The number of morpholine rings is 1. The van der Waals surface area contributed by atoms with Crippen LogP contribution in [-0.2, 0) is 22.4 Å². The number of carbonyl (C=O) groups is 1. The van der Waals surface area contributed by atoms with Crippen LogP contribution < -0.4 is 16.4 Å². The number of aryl methyl sites for hydroxylation is 2. The second-order valence-electron chi connectivity index (χ2n) is 9.45. The zero-order valence-corrected chi connectivity index (χ0v) is 20.8. The van der Waals surface area contributed by atoms with Gasteiger partial charge >= 0.3 is 5.63 Å². The number of nitrogens with zero attached hydrogens (tertiary/aromatic N) is 1. The van der Waals surface area contributed by atoms with Crippen LogP contribution in [0.1, 0.15) is 29.5 Å². The molecular weight excluding hydrogens is 458 g/mol. The summed E-state index contributed by atoms with van der Waals surface area (Å²) in [6.45, 7) is 7.61. The lowest BCUT2D eigenvalue weighted by Crippen LogP contribution is -2.37. The Hall–Kier alpha value is -3.20. The molecule has 8 heteroatoms. The van der Waals surface area contributed by atoms with Crippen LogP contribution >= 0.6 is 0 Å². The minimum atomic E-state index is -0.557. The Morgan fingerprint density at radius 3 is 2.64 bits per heavy atom. The summed E-state index contributed by atoms with van der Waals surface area (Å²) < 4.78 is 10.8. The molecule has 8 nitrogen and oxygen atoms in total. The Labute approximate surface area is 211 Å². The molecule has 1 amide bonds. The number of nitrogens with one attached hydrogen (secondary N) is 2. The minimum Gasteiger partial charge on any atom is -0.423 e. The predicted molar refractivity (Wildman–Crippen MR) is 139 cm³/mol. The van der Waals surface area contributed by atoms with Crippen LogP contribution in [0.5, 0.6) is 0 Å². The van der Waals surface area contributed by atoms with Gasteiger partial charge in [0, 0.05) is 42.2 Å². The van der Waals surface area contributed by atoms with Crippen molar-refractivity contribution in [2.24, 2.45) is 5.92 Å². The molecule has 0 saturated carbocycles. The van der Waals surface area contributed by atoms with E-state index in [1.807, 2.05) is 43.3 Å². The third-order valence-electron chi connectivity index (χ3n) is 6.73. The number of hydrogen-bond donors (Lipinski definition) is 3. The van der Waals surface area contributed by atoms with E-state index in [1.165, 1.54) is 0 Å². The summed E-state index contributed by atoms with van der Waals surface area (Å²) in [5.41, 5.74) is 5.46. The summed E-state index contributed by atoms with van der Waals surface area (Å²) in [7, 11) is 0. The monoisotopic (exact) mass is 493 g/mol. The van der Waals surface area contributed by atoms with E-state index in [0.29, 0.717) is 24.0 Å². The molecule has 1 aromatic heterocycles. The van der Waals surface area contributed by atoms with E-state index >= 15 is 0 Å². The maximum Gasteiger partial charge on any atom is 0.339 e. The van der Waals surface area contributed by atoms with E-state index in [2.05, 4.69) is 10.2 Å². The highest BCUT2D eigenvalue weighted by Gasteiger charge is 2.21. The second-order valence-corrected chi connectivity index (χ2v) is 9.45. The quantitative estimate of drug-likeness (QED) is 0.162. The smallest absolute Gasteiger partial charge is 0.339 e. The Balaban J connectivity index is 1.31. The number of anilines is 1. The van der Waals surface area contributed by atoms with E-state index in [0.717, 1.165) is 68.0 Å². The van der Waals surface area contributed by atoms with Crippen LogP contribution in [-0.4, -0.2) is 55.4 Å². The first-order chi connectivity index (χ1) is 17.5. The van der Waals surface area contributed by atoms with Crippen molar-refractivity contribution >= 4 is 22.6 Å². The summed E-state index contributed by atoms with van der Waals surface area (Å²) in [4.78, 5) is 27.3. The predicted octanol–water partition coefficient (Wildman–Crippen LogP) is 3.53. The minimum absolute atomic E-state index is 0.196. The van der Waals surface area contributed by atoms with Gasteiger partial charge in [0.05, 0.1) is 13.2 Å². The summed E-state index contributed by atoms with van der Waals surface area (Å²) in [5, 5.41) is 13.5. The molecule has 2 heterocycles. The zero-order valence-electron chi connectivity index (χ0n) is 20.8. The third kappa shape index (κ3) is 7.16. The number of amides is 1. The SMILES string of the molecule is Cc1ccc2oc(=O)c(CC(CCc3ccc(NCCCN4CCOCC4)cc3)C(=O)NO)cc2c1. The van der Waals surface area contributed by atoms with Gasteiger partial charge in [0.25, 0.3) is 0 Å². The summed E-state index contributed by atoms with van der Waals surface area (Å²) >= 11 is 0. The van der Waals surface area contributed by atoms with E-state index < -0.39 is 17.5 Å². The molecule has 3 N–H and O–H groups in total. The number of carbonyl (C=O) groups excluding carboxylic acids is 1. The second kappa shape index (κ2) is 12.7. The Morgan fingerprint density at radius 2 is 1.89 bits per heavy atom. The average molecular weight is 494 g/mol. The van der Waals surface area contributed by atoms with Crippen LogP contribution in [0.15, 0.2) is 57.7 Å². The van der Waals surface area contributed by atoms with E-state index in [4.69, 9.17) is 9.15 Å². The van der Waals surface area contributed by atoms with Crippen molar-refractivity contribution in [3.63, 3.8) is 0 Å². The van der Waals surface area contributed by atoms with Crippen LogP contribution in [0.4, 0.5) is 5.69 Å². The molecule has 0 aliphatic carbocycles. The summed E-state index contributed by atoms with van der Waals surface area (Å²) in [6, 6.07) is 15.6. The molecule has 1 aliphatic heterocycles. The van der Waals surface area contributed by atoms with Gasteiger partial charge in [-0.15, -0.1) is 0 Å². The van der Waals surface area contributed by atoms with Gasteiger partial charge in [-0.2, -0.15) is 0 Å². The van der Waals surface area contributed by atoms with E-state index in [-0.39, 0.29) is 6.42 Å². The molecule has 3 aromatic rings. The maximum atomic E-state index is 12.5. The molecule has 36 heavy (non-hydrogen) atoms. The number of hydrogen-bond acceptors (Lipinski definition) is 7. The normalized spacial score (nSPS) is 15.1. The van der Waals surface area contributed by atoms with Gasteiger partial charge in [-0.3, -0.25) is 14.9 Å². The van der Waals surface area contributed by atoms with Gasteiger partial charge in [-0.05, 0) is 75.0 Å². The molecule has 1 saturated heterocycles. The number of benzene rings is 2. The fraction of sp³-hybridized carbons (Fsp3) is 0.429. The van der Waals surface area contributed by atoms with Crippen LogP contribution in [0.2, 0.25) is 0 Å². The largest absolute Gasteiger partial charge is 0.423 e. The molecule has 1 fully saturated rings. The van der Waals surface area contributed by atoms with Crippen molar-refractivity contribution in [1.82, 2.24) is 10.4 Å². The van der Waals surface area contributed by atoms with Crippen LogP contribution in [0.25, 0.3) is 11.0 Å². The van der Waals surface area contributed by atoms with Gasteiger partial charge in [0.1, 0.15) is 5.58 Å². The van der Waals surface area contributed by atoms with Crippen LogP contribution in [0, 0.1) is 12.8 Å².